The van der Waals surface area contributed by atoms with Gasteiger partial charge in [0.15, 0.2) is 5.78 Å². The number of benzene rings is 1. The van der Waals surface area contributed by atoms with Crippen LogP contribution in [0.15, 0.2) is 30.3 Å². The Labute approximate surface area is 95.0 Å². The lowest BCUT2D eigenvalue weighted by Crippen LogP contribution is -2.12. The first-order valence-corrected chi connectivity index (χ1v) is 4.03. The third-order valence-corrected chi connectivity index (χ3v) is 1.65. The number of ketones is 1. The van der Waals surface area contributed by atoms with E-state index >= 15 is 0 Å². The maximum Gasteiger partial charge on any atom is 0.417 e. The second kappa shape index (κ2) is 4.47. The molecule has 0 amide bonds. The lowest BCUT2D eigenvalue weighted by Gasteiger charge is -2.11. The van der Waals surface area contributed by atoms with E-state index in [9.17, 15) is 22.4 Å². The summed E-state index contributed by atoms with van der Waals surface area (Å²) >= 11 is 0. The van der Waals surface area contributed by atoms with Gasteiger partial charge in [0.1, 0.15) is 5.82 Å². The second-order valence-corrected chi connectivity index (χ2v) is 2.83. The maximum absolute atomic E-state index is 12.9. The minimum absolute atomic E-state index is 0.651. The van der Waals surface area contributed by atoms with Gasteiger partial charge in [-0.2, -0.15) is 13.2 Å². The third-order valence-electron chi connectivity index (χ3n) is 1.65. The molecule has 1 aromatic carbocycles. The Balaban J connectivity index is 3.48. The smallest absolute Gasteiger partial charge is 0.295 e. The van der Waals surface area contributed by atoms with E-state index in [1.807, 2.05) is 0 Å². The lowest BCUT2D eigenvalue weighted by atomic mass is 10.0. The topological polar surface area (TPSA) is 17.1 Å². The molecular formula is C11H8F4O. The van der Waals surface area contributed by atoms with Gasteiger partial charge in [-0.3, -0.25) is 4.79 Å². The molecule has 1 rings (SSSR count). The van der Waals surface area contributed by atoms with Gasteiger partial charge in [0.2, 0.25) is 0 Å². The van der Waals surface area contributed by atoms with E-state index < -0.39 is 41.8 Å². The van der Waals surface area contributed by atoms with Crippen LogP contribution in [-0.4, -0.2) is 12.0 Å². The van der Waals surface area contributed by atoms with Crippen molar-refractivity contribution in [2.75, 3.05) is 0 Å². The van der Waals surface area contributed by atoms with Crippen LogP contribution in [0.4, 0.5) is 17.6 Å². The fourth-order valence-corrected chi connectivity index (χ4v) is 1.04. The highest BCUT2D eigenvalue weighted by molar-refractivity contribution is 5.96. The number of carbonyl (C=O) groups excluding carboxylic acids is 1. The molecule has 0 bridgehead atoms. The summed E-state index contributed by atoms with van der Waals surface area (Å²) in [4.78, 5) is 11.3. The second-order valence-electron chi connectivity index (χ2n) is 2.83. The first-order valence-electron chi connectivity index (χ1n) is 6.03. The van der Waals surface area contributed by atoms with Gasteiger partial charge in [0.25, 0.3) is 0 Å². The van der Waals surface area contributed by atoms with Crippen LogP contribution >= 0.6 is 0 Å². The molecule has 0 atom stereocenters. The highest BCUT2D eigenvalue weighted by Crippen LogP contribution is 2.33. The molecule has 0 aliphatic carbocycles. The van der Waals surface area contributed by atoms with Crippen molar-refractivity contribution in [3.05, 3.63) is 41.7 Å². The van der Waals surface area contributed by atoms with Crippen molar-refractivity contribution >= 4 is 11.4 Å². The van der Waals surface area contributed by atoms with E-state index in [0.717, 1.165) is 12.1 Å². The van der Waals surface area contributed by atoms with Crippen molar-refractivity contribution < 1.29 is 27.8 Å². The van der Waals surface area contributed by atoms with Crippen molar-refractivity contribution in [2.45, 2.75) is 13.0 Å². The lowest BCUT2D eigenvalue weighted by molar-refractivity contribution is -0.113. The average molecular weight is 236 g/mol. The minimum atomic E-state index is -5.12. The fourth-order valence-electron chi connectivity index (χ4n) is 1.04. The van der Waals surface area contributed by atoms with Gasteiger partial charge in [-0.1, -0.05) is 12.1 Å². The number of carbonyl (C=O) groups is 1. The molecule has 0 spiro atoms. The SMILES string of the molecule is [2H]/C(C(=O)C([2H])([2H])[2H])=C(\c1ccc(F)cc1)C(F)(F)F. The molecule has 0 heterocycles. The highest BCUT2D eigenvalue weighted by Gasteiger charge is 2.34. The maximum atomic E-state index is 12.9. The quantitative estimate of drug-likeness (QED) is 0.568. The van der Waals surface area contributed by atoms with Gasteiger partial charge >= 0.3 is 6.18 Å². The van der Waals surface area contributed by atoms with E-state index in [1.54, 1.807) is 0 Å². The summed E-state index contributed by atoms with van der Waals surface area (Å²) in [6.07, 6.45) is -5.12. The predicted octanol–water partition coefficient (Wildman–Crippen LogP) is 3.36. The van der Waals surface area contributed by atoms with Gasteiger partial charge < -0.3 is 0 Å². The largest absolute Gasteiger partial charge is 0.417 e. The molecule has 16 heavy (non-hydrogen) atoms. The number of hydrogen-bond acceptors (Lipinski definition) is 1. The summed E-state index contributed by atoms with van der Waals surface area (Å²) in [5, 5.41) is 0. The van der Waals surface area contributed by atoms with Crippen LogP contribution in [0.1, 0.15) is 17.9 Å². The number of rotatable bonds is 2. The van der Waals surface area contributed by atoms with E-state index in [1.165, 1.54) is 0 Å². The number of allylic oxidation sites excluding steroid dienone is 2. The van der Waals surface area contributed by atoms with Crippen LogP contribution in [0.3, 0.4) is 0 Å². The molecule has 5 heteroatoms. The predicted molar refractivity (Wildman–Crippen MR) is 51.1 cm³/mol. The van der Waals surface area contributed by atoms with Crippen molar-refractivity contribution in [3.63, 3.8) is 0 Å². The van der Waals surface area contributed by atoms with Crippen molar-refractivity contribution in [2.24, 2.45) is 0 Å². The molecule has 0 saturated heterocycles. The molecular weight excluding hydrogens is 224 g/mol. The Morgan fingerprint density at radius 2 is 1.94 bits per heavy atom. The third kappa shape index (κ3) is 3.18. The standard InChI is InChI=1S/C11H8F4O/c1-7(16)6-10(11(13,14)15)8-2-4-9(12)5-3-8/h2-6H,1H3/b10-6-/i1D3,6D. The van der Waals surface area contributed by atoms with E-state index in [2.05, 4.69) is 0 Å². The molecule has 1 nitrogen and oxygen atoms in total. The Hall–Kier alpha value is -1.65. The number of alkyl halides is 3. The Morgan fingerprint density at radius 1 is 1.38 bits per heavy atom. The summed E-state index contributed by atoms with van der Waals surface area (Å²) in [6, 6.07) is 1.20. The molecule has 0 aliphatic heterocycles. The van der Waals surface area contributed by atoms with Crippen molar-refractivity contribution in [1.82, 2.24) is 0 Å². The first-order chi connectivity index (χ1) is 8.94. The van der Waals surface area contributed by atoms with Crippen LogP contribution in [-0.2, 0) is 4.79 Å². The monoisotopic (exact) mass is 236 g/mol. The summed E-state index contributed by atoms with van der Waals surface area (Å²) < 4.78 is 78.9. The van der Waals surface area contributed by atoms with E-state index in [-0.39, 0.29) is 0 Å². The van der Waals surface area contributed by atoms with Crippen LogP contribution in [0, 0.1) is 5.82 Å². The molecule has 0 aromatic heterocycles. The Bertz CT molecular complexity index is 543. The molecule has 0 fully saturated rings. The van der Waals surface area contributed by atoms with Gasteiger partial charge in [-0.25, -0.2) is 4.39 Å². The molecule has 0 N–H and O–H groups in total. The molecule has 0 radical (unpaired) electrons. The normalized spacial score (nSPS) is 17.8. The van der Waals surface area contributed by atoms with E-state index in [0.29, 0.717) is 12.1 Å². The van der Waals surface area contributed by atoms with Crippen LogP contribution in [0.25, 0.3) is 5.57 Å². The molecule has 0 saturated carbocycles. The first kappa shape index (κ1) is 7.60. The minimum Gasteiger partial charge on any atom is -0.295 e. The van der Waals surface area contributed by atoms with Crippen LogP contribution in [0.2, 0.25) is 0 Å². The van der Waals surface area contributed by atoms with Gasteiger partial charge in [-0.15, -0.1) is 0 Å². The van der Waals surface area contributed by atoms with Gasteiger partial charge in [0, 0.05) is 4.11 Å². The van der Waals surface area contributed by atoms with Crippen LogP contribution < -0.4 is 0 Å². The zero-order valence-corrected chi connectivity index (χ0v) is 7.73. The zero-order chi connectivity index (χ0) is 15.7. The Kier molecular flexibility index (Phi) is 2.12. The van der Waals surface area contributed by atoms with Gasteiger partial charge in [0.05, 0.1) is 6.94 Å². The Morgan fingerprint density at radius 3 is 2.38 bits per heavy atom. The summed E-state index contributed by atoms with van der Waals surface area (Å²) in [5.41, 5.74) is -2.36. The summed E-state index contributed by atoms with van der Waals surface area (Å²) in [7, 11) is 0. The van der Waals surface area contributed by atoms with Crippen molar-refractivity contribution in [1.29, 1.82) is 0 Å². The number of halogens is 4. The van der Waals surface area contributed by atoms with Crippen molar-refractivity contribution in [3.8, 4) is 0 Å². The summed E-state index contributed by atoms with van der Waals surface area (Å²) in [5.74, 6) is -2.72. The van der Waals surface area contributed by atoms with E-state index in [4.69, 9.17) is 5.48 Å². The zero-order valence-electron chi connectivity index (χ0n) is 11.7. The highest BCUT2D eigenvalue weighted by atomic mass is 19.4. The molecule has 0 aliphatic rings. The summed E-state index contributed by atoms with van der Waals surface area (Å²) in [6.45, 7) is -3.35. The molecule has 1 aromatic rings. The number of hydrogen-bond donors (Lipinski definition) is 0. The van der Waals surface area contributed by atoms with Gasteiger partial charge in [-0.05, 0) is 30.6 Å². The average Bonchev–Trinajstić information content (AvgIpc) is 2.28. The fraction of sp³-hybridized carbons (Fsp3) is 0.182. The van der Waals surface area contributed by atoms with Crippen LogP contribution in [0.5, 0.6) is 0 Å². The molecule has 86 valence electrons. The molecule has 0 unspecified atom stereocenters.